The number of aromatic hydroxyl groups is 1. The Morgan fingerprint density at radius 3 is 1.12 bits per heavy atom. The molecule has 99 heavy (non-hydrogen) atoms. The van der Waals surface area contributed by atoms with E-state index in [4.69, 9.17) is 11.5 Å². The number of fused-ring (bicyclic) bond motifs is 2. The fraction of sp³-hybridized carbons (Fsp3) is 0.583. The minimum atomic E-state index is -1.40. The first-order chi connectivity index (χ1) is 47.1. The molecule has 0 aromatic heterocycles. The number of amides is 12. The number of nitrogens with two attached hydrogens (primary N) is 2. The van der Waals surface area contributed by atoms with Crippen LogP contribution in [0.25, 0.3) is 0 Å². The van der Waals surface area contributed by atoms with Gasteiger partial charge >= 0.3 is 0 Å². The summed E-state index contributed by atoms with van der Waals surface area (Å²) in [6.07, 6.45) is 1.56. The van der Waals surface area contributed by atoms with Crippen LogP contribution in [-0.2, 0) is 76.8 Å². The van der Waals surface area contributed by atoms with Gasteiger partial charge in [-0.05, 0) is 137 Å². The van der Waals surface area contributed by atoms with E-state index in [9.17, 15) is 57.8 Å². The van der Waals surface area contributed by atoms with Crippen molar-refractivity contribution in [1.82, 2.24) is 63.0 Å². The maximum Gasteiger partial charge on any atom is 0.246 e. The zero-order valence-electron chi connectivity index (χ0n) is 58.7. The lowest BCUT2D eigenvalue weighted by Gasteiger charge is -2.32. The predicted molar refractivity (Wildman–Crippen MR) is 372 cm³/mol. The number of nitrogens with one attached hydrogen (secondary N) is 10. The third-order valence-electron chi connectivity index (χ3n) is 18.1. The summed E-state index contributed by atoms with van der Waals surface area (Å²) in [5.74, 6) is -10.4. The molecule has 3 heterocycles. The maximum atomic E-state index is 15.2. The van der Waals surface area contributed by atoms with Gasteiger partial charge in [-0.1, -0.05) is 128 Å². The lowest BCUT2D eigenvalue weighted by molar-refractivity contribution is -0.143. The van der Waals surface area contributed by atoms with Crippen molar-refractivity contribution in [1.29, 1.82) is 0 Å². The standard InChI is InChI=1S/C72H106N14O13/c1-41(2)36-52-64(91)81-55(39-46-20-12-10-13-21-46)71(98)85-34-18-26-57(85)67(94)75-45(9)61(88)83-59(43(5)6)69(96)76-50(24-16-32-73)62(89)78-53(37-42(3)4)65(92)82-56(40-47-22-14-11-15-23-47)72(99)86-35-19-27-58(86)68(95)80-54(38-48-28-30-49(87)31-29-48)66(93)84-60(44(7)8)70(97)77-51(25-17-33-74)63(90)79-52/h10-15,20-23,28-31,41-45,50-60,87H,16-19,24-27,32-40,73-74H2,1-9H3,(H,75,94)(H,76,96)(H,77,97)(H,78,89)(H,79,90)(H,80,95)(H,81,91)(H,82,92)(H,83,88)(H,84,93)/t45-,50+,51+,52+,53+,54-,55-,56-,57+,58+,59+,60+/m1/s1. The van der Waals surface area contributed by atoms with Crippen molar-refractivity contribution in [3.8, 4) is 5.75 Å². The monoisotopic (exact) mass is 1370 g/mol. The first kappa shape index (κ1) is 79.0. The normalized spacial score (nSPS) is 26.1. The van der Waals surface area contributed by atoms with Crippen LogP contribution in [0.5, 0.6) is 5.75 Å². The molecule has 3 aromatic carbocycles. The number of rotatable bonds is 18. The second-order valence-electron chi connectivity index (χ2n) is 27.9. The van der Waals surface area contributed by atoms with Crippen molar-refractivity contribution in [2.75, 3.05) is 26.2 Å². The largest absolute Gasteiger partial charge is 0.508 e. The van der Waals surface area contributed by atoms with E-state index in [1.165, 1.54) is 28.9 Å². The van der Waals surface area contributed by atoms with Crippen LogP contribution in [0, 0.1) is 23.7 Å². The number of phenolic OH excluding ortho intramolecular Hbond substituents is 1. The topological polar surface area (TPSA) is 404 Å². The van der Waals surface area contributed by atoms with Crippen molar-refractivity contribution in [2.45, 2.75) is 218 Å². The van der Waals surface area contributed by atoms with Gasteiger partial charge in [-0.3, -0.25) is 57.5 Å². The molecular formula is C72H106N14O13. The smallest absolute Gasteiger partial charge is 0.246 e. The summed E-state index contributed by atoms with van der Waals surface area (Å²) in [7, 11) is 0. The summed E-state index contributed by atoms with van der Waals surface area (Å²) in [6.45, 7) is 15.9. The number of hydrogen-bond donors (Lipinski definition) is 13. The van der Waals surface area contributed by atoms with E-state index in [1.807, 2.05) is 27.7 Å². The third kappa shape index (κ3) is 23.6. The minimum absolute atomic E-state index is 0.00145. The van der Waals surface area contributed by atoms with E-state index in [0.29, 0.717) is 29.5 Å². The lowest BCUT2D eigenvalue weighted by Crippen LogP contribution is -2.62. The first-order valence-corrected chi connectivity index (χ1v) is 35.0. The lowest BCUT2D eigenvalue weighted by atomic mass is 9.99. The van der Waals surface area contributed by atoms with Gasteiger partial charge in [-0.25, -0.2) is 0 Å². The Hall–Kier alpha value is -8.98. The second-order valence-corrected chi connectivity index (χ2v) is 27.9. The molecule has 27 heteroatoms. The van der Waals surface area contributed by atoms with Crippen LogP contribution >= 0.6 is 0 Å². The number of carbonyl (C=O) groups is 12. The predicted octanol–water partition coefficient (Wildman–Crippen LogP) is 1.17. The Morgan fingerprint density at radius 1 is 0.394 bits per heavy atom. The van der Waals surface area contributed by atoms with E-state index in [1.54, 1.807) is 100 Å². The molecule has 12 amide bonds. The Kier molecular flexibility index (Phi) is 30.6. The molecular weight excluding hydrogens is 1270 g/mol. The van der Waals surface area contributed by atoms with E-state index >= 15 is 4.79 Å². The zero-order valence-corrected chi connectivity index (χ0v) is 58.7. The third-order valence-corrected chi connectivity index (χ3v) is 18.1. The number of phenols is 1. The average molecular weight is 1380 g/mol. The van der Waals surface area contributed by atoms with Crippen LogP contribution < -0.4 is 64.6 Å². The molecule has 542 valence electrons. The number of hydrogen-bond acceptors (Lipinski definition) is 15. The molecule has 3 aromatic rings. The molecule has 3 aliphatic heterocycles. The van der Waals surface area contributed by atoms with Gasteiger partial charge in [0.25, 0.3) is 0 Å². The minimum Gasteiger partial charge on any atom is -0.508 e. The van der Waals surface area contributed by atoms with Crippen molar-refractivity contribution in [3.05, 3.63) is 102 Å². The van der Waals surface area contributed by atoms with Crippen LogP contribution in [0.2, 0.25) is 0 Å². The average Bonchev–Trinajstić information content (AvgIpc) is 1.77. The molecule has 0 bridgehead atoms. The van der Waals surface area contributed by atoms with E-state index in [-0.39, 0.29) is 114 Å². The molecule has 0 saturated carbocycles. The van der Waals surface area contributed by atoms with E-state index in [2.05, 4.69) is 53.2 Å². The van der Waals surface area contributed by atoms with Gasteiger partial charge in [0.1, 0.15) is 78.3 Å². The van der Waals surface area contributed by atoms with Crippen LogP contribution in [0.15, 0.2) is 84.9 Å². The van der Waals surface area contributed by atoms with Gasteiger partial charge < -0.3 is 79.5 Å². The van der Waals surface area contributed by atoms with Crippen LogP contribution in [0.3, 0.4) is 0 Å². The number of carbonyl (C=O) groups excluding carboxylic acids is 12. The zero-order chi connectivity index (χ0) is 72.6. The van der Waals surface area contributed by atoms with Gasteiger partial charge in [0.15, 0.2) is 0 Å². The number of nitrogens with zero attached hydrogens (tertiary/aromatic N) is 2. The molecule has 0 unspecified atom stereocenters. The Balaban J connectivity index is 1.41. The second kappa shape index (κ2) is 38.4. The molecule has 12 atom stereocenters. The van der Waals surface area contributed by atoms with E-state index in [0.717, 1.165) is 0 Å². The Morgan fingerprint density at radius 2 is 0.727 bits per heavy atom. The molecule has 6 rings (SSSR count). The summed E-state index contributed by atoms with van der Waals surface area (Å²) in [4.78, 5) is 179. The fourth-order valence-corrected chi connectivity index (χ4v) is 12.6. The maximum absolute atomic E-state index is 15.2. The van der Waals surface area contributed by atoms with Gasteiger partial charge in [-0.15, -0.1) is 0 Å². The van der Waals surface area contributed by atoms with Crippen molar-refractivity contribution >= 4 is 70.9 Å². The molecule has 27 nitrogen and oxygen atoms in total. The highest BCUT2D eigenvalue weighted by molar-refractivity contribution is 6.00. The molecule has 3 aliphatic rings. The molecule has 3 saturated heterocycles. The van der Waals surface area contributed by atoms with Gasteiger partial charge in [0.2, 0.25) is 70.9 Å². The van der Waals surface area contributed by atoms with Crippen LogP contribution in [-0.4, -0.2) is 184 Å². The SMILES string of the molecule is CC(C)C[C@@H]1NC(=O)[C@H](CCCN)NC(=O)[C@H](C(C)C)NC(=O)[C@@H](Cc2ccc(O)cc2)NC(=O)[C@@H]2CCCN2C(=O)[C@@H](Cc2ccccc2)NC(=O)[C@H](CC(C)C)NC(=O)[C@H](CCCN)NC(=O)[C@H](C(C)C)NC(=O)[C@@H](C)NC(=O)[C@@H]2CCCN2C(=O)[C@@H](Cc2ccccc2)NC1=O. The summed E-state index contributed by atoms with van der Waals surface area (Å²) in [5.41, 5.74) is 13.7. The molecule has 0 radical (unpaired) electrons. The highest BCUT2D eigenvalue weighted by Crippen LogP contribution is 2.24. The van der Waals surface area contributed by atoms with E-state index < -0.39 is 155 Å². The van der Waals surface area contributed by atoms with Crippen molar-refractivity contribution in [3.63, 3.8) is 0 Å². The summed E-state index contributed by atoms with van der Waals surface area (Å²) in [6, 6.07) is 8.44. The molecule has 3 fully saturated rings. The molecule has 0 spiro atoms. The molecule has 0 aliphatic carbocycles. The summed E-state index contributed by atoms with van der Waals surface area (Å²) >= 11 is 0. The quantitative estimate of drug-likeness (QED) is 0.0850. The Labute approximate surface area is 581 Å². The Bertz CT molecular complexity index is 3240. The van der Waals surface area contributed by atoms with Crippen LogP contribution in [0.4, 0.5) is 0 Å². The van der Waals surface area contributed by atoms with Gasteiger partial charge in [0, 0.05) is 32.4 Å². The summed E-state index contributed by atoms with van der Waals surface area (Å²) in [5, 5.41) is 38.3. The first-order valence-electron chi connectivity index (χ1n) is 35.0. The number of benzene rings is 3. The fourth-order valence-electron chi connectivity index (χ4n) is 12.6. The van der Waals surface area contributed by atoms with Crippen molar-refractivity contribution in [2.24, 2.45) is 35.1 Å². The highest BCUT2D eigenvalue weighted by atomic mass is 16.3. The highest BCUT2D eigenvalue weighted by Gasteiger charge is 2.43. The van der Waals surface area contributed by atoms with Crippen LogP contribution in [0.1, 0.15) is 143 Å². The van der Waals surface area contributed by atoms with Crippen molar-refractivity contribution < 1.29 is 62.6 Å². The molecule has 15 N–H and O–H groups in total. The van der Waals surface area contributed by atoms with Gasteiger partial charge in [-0.2, -0.15) is 0 Å². The van der Waals surface area contributed by atoms with Gasteiger partial charge in [0.05, 0.1) is 0 Å². The summed E-state index contributed by atoms with van der Waals surface area (Å²) < 4.78 is 0.